The molecule has 0 aliphatic heterocycles. The van der Waals surface area contributed by atoms with Crippen molar-refractivity contribution in [3.8, 4) is 0 Å². The van der Waals surface area contributed by atoms with Crippen molar-refractivity contribution in [1.82, 2.24) is 0 Å². The topological polar surface area (TPSA) is 29.4 Å². The van der Waals surface area contributed by atoms with Gasteiger partial charge in [0.1, 0.15) is 0 Å². The van der Waals surface area contributed by atoms with Crippen LogP contribution in [0, 0.1) is 0 Å². The van der Waals surface area contributed by atoms with E-state index in [0.717, 1.165) is 0 Å². The Balaban J connectivity index is 0. The molecule has 0 spiro atoms. The predicted molar refractivity (Wildman–Crippen MR) is 33.9 cm³/mol. The third kappa shape index (κ3) is 13.6. The zero-order valence-electron chi connectivity index (χ0n) is 5.91. The molecule has 0 rings (SSSR count). The molecule has 0 atom stereocenters. The van der Waals surface area contributed by atoms with Gasteiger partial charge in [-0.3, -0.25) is 0 Å². The van der Waals surface area contributed by atoms with Gasteiger partial charge in [0.05, 0.1) is 0 Å². The first-order valence-corrected chi connectivity index (χ1v) is 2.84. The predicted octanol–water partition coefficient (Wildman–Crippen LogP) is 2.69. The first-order chi connectivity index (χ1) is 6.00. The maximum atomic E-state index is 10.8. The molecule has 0 amide bonds. The molecular weight excluding hydrogens is 243 g/mol. The molecule has 0 saturated heterocycles. The number of nitrogens with zero attached hydrogens (tertiary/aromatic N) is 1. The van der Waals surface area contributed by atoms with Gasteiger partial charge in [0.2, 0.25) is 6.08 Å². The van der Waals surface area contributed by atoms with Gasteiger partial charge in [0, 0.05) is 0 Å². The van der Waals surface area contributed by atoms with Crippen molar-refractivity contribution in [3.05, 3.63) is 0 Å². The number of rotatable bonds is 0. The Hall–Kier alpha value is -1.02. The molecule has 14 heavy (non-hydrogen) atoms. The van der Waals surface area contributed by atoms with E-state index >= 15 is 0 Å². The average molecular weight is 243 g/mol. The minimum Gasteiger partial charge on any atom is -0.211 e. The molecule has 0 aromatic carbocycles. The fraction of sp³-hybridized carbons (Fsp3) is 0.500. The Morgan fingerprint density at radius 3 is 1.43 bits per heavy atom. The summed E-state index contributed by atoms with van der Waals surface area (Å²) in [5, 5.41) is -2.42. The number of hydrogen-bond donors (Lipinski definition) is 0. The lowest BCUT2D eigenvalue weighted by molar-refractivity contribution is -0.119. The first kappa shape index (κ1) is 15.5. The van der Waals surface area contributed by atoms with Gasteiger partial charge in [-0.05, 0) is 12.2 Å². The highest BCUT2D eigenvalue weighted by Gasteiger charge is 2.34. The summed E-state index contributed by atoms with van der Waals surface area (Å²) in [4.78, 5) is 10.3. The summed E-state index contributed by atoms with van der Waals surface area (Å²) >= 11 is 3.14. The van der Waals surface area contributed by atoms with Crippen molar-refractivity contribution in [2.75, 3.05) is 0 Å². The molecule has 82 valence electrons. The molecule has 0 saturated carbocycles. The Morgan fingerprint density at radius 2 is 1.43 bits per heavy atom. The van der Waals surface area contributed by atoms with Crippen molar-refractivity contribution >= 4 is 23.4 Å². The molecule has 10 heteroatoms. The van der Waals surface area contributed by atoms with Crippen molar-refractivity contribution in [1.29, 1.82) is 0 Å². The van der Waals surface area contributed by atoms with Crippen LogP contribution < -0.4 is 0 Å². The highest BCUT2D eigenvalue weighted by Crippen LogP contribution is 2.17. The van der Waals surface area contributed by atoms with E-state index in [0.29, 0.717) is 6.08 Å². The average Bonchev–Trinajstić information content (AvgIpc) is 1.82. The van der Waals surface area contributed by atoms with Gasteiger partial charge in [-0.1, -0.05) is 0 Å². The maximum Gasteiger partial charge on any atom is 0.513 e. The zero-order valence-corrected chi connectivity index (χ0v) is 6.73. The molecule has 0 aliphatic carbocycles. The second-order valence-electron chi connectivity index (χ2n) is 1.44. The monoisotopic (exact) mass is 243 g/mol. The highest BCUT2D eigenvalue weighted by molar-refractivity contribution is 7.80. The minimum atomic E-state index is -4.94. The lowest BCUT2D eigenvalue weighted by Crippen LogP contribution is -2.14. The van der Waals surface area contributed by atoms with Crippen molar-refractivity contribution in [2.45, 2.75) is 12.5 Å². The lowest BCUT2D eigenvalue weighted by atomic mass is 10.8. The minimum absolute atomic E-state index is 0.358. The van der Waals surface area contributed by atoms with E-state index in [9.17, 15) is 30.7 Å². The van der Waals surface area contributed by atoms with Crippen LogP contribution in [0.5, 0.6) is 0 Å². The maximum absolute atomic E-state index is 10.8. The summed E-state index contributed by atoms with van der Waals surface area (Å²) < 4.78 is 74.7. The van der Waals surface area contributed by atoms with Crippen LogP contribution in [0.3, 0.4) is 0 Å². The van der Waals surface area contributed by atoms with E-state index in [1.54, 1.807) is 0 Å². The fourth-order valence-corrected chi connectivity index (χ4v) is 0.0518. The van der Waals surface area contributed by atoms with Gasteiger partial charge < -0.3 is 0 Å². The number of aliphatic imine (C=N–C) groups is 1. The summed E-state index contributed by atoms with van der Waals surface area (Å²) in [5.41, 5.74) is 0. The van der Waals surface area contributed by atoms with Crippen LogP contribution in [0.15, 0.2) is 4.99 Å². The van der Waals surface area contributed by atoms with Gasteiger partial charge in [-0.25, -0.2) is 4.79 Å². The van der Waals surface area contributed by atoms with E-state index < -0.39 is 17.6 Å². The third-order valence-electron chi connectivity index (χ3n) is 0.395. The van der Waals surface area contributed by atoms with Crippen LogP contribution in [0.1, 0.15) is 0 Å². The number of isocyanates is 1. The van der Waals surface area contributed by atoms with Crippen LogP contribution >= 0.6 is 12.2 Å². The Labute approximate surface area is 77.4 Å². The number of alkyl halides is 6. The van der Waals surface area contributed by atoms with E-state index in [-0.39, 0.29) is 0 Å². The molecule has 0 aliphatic rings. The van der Waals surface area contributed by atoms with Gasteiger partial charge >= 0.3 is 12.5 Å². The fourth-order valence-electron chi connectivity index (χ4n) is 0.0518. The van der Waals surface area contributed by atoms with E-state index in [1.165, 1.54) is 4.99 Å². The molecular formula is C4F7NOS. The lowest BCUT2D eigenvalue weighted by Gasteiger charge is -1.95. The normalized spacial score (nSPS) is 10.8. The molecule has 0 aromatic rings. The van der Waals surface area contributed by atoms with Crippen molar-refractivity contribution in [2.24, 2.45) is 4.99 Å². The Kier molecular flexibility index (Phi) is 6.24. The number of hydrogen-bond acceptors (Lipinski definition) is 3. The molecule has 0 bridgehead atoms. The summed E-state index contributed by atoms with van der Waals surface area (Å²) in [7, 11) is 0. The molecule has 0 unspecified atom stereocenters. The largest absolute Gasteiger partial charge is 0.513 e. The van der Waals surface area contributed by atoms with Crippen molar-refractivity contribution in [3.63, 3.8) is 0 Å². The highest BCUT2D eigenvalue weighted by atomic mass is 32.1. The van der Waals surface area contributed by atoms with Crippen LogP contribution in [0.2, 0.25) is 0 Å². The second-order valence-corrected chi connectivity index (χ2v) is 1.80. The summed E-state index contributed by atoms with van der Waals surface area (Å²) in [6, 6.07) is 0. The molecule has 0 heterocycles. The zero-order chi connectivity index (χ0) is 12.0. The van der Waals surface area contributed by atoms with Crippen LogP contribution in [0.25, 0.3) is 0 Å². The van der Waals surface area contributed by atoms with E-state index in [2.05, 4.69) is 12.2 Å². The van der Waals surface area contributed by atoms with Crippen LogP contribution in [0.4, 0.5) is 30.7 Å². The van der Waals surface area contributed by atoms with Crippen LogP contribution in [-0.4, -0.2) is 23.7 Å². The standard InChI is InChI=1S/C2F4S.C2F3NO/c3-1(7)2(4,5)6;3-2(4,5)6-1-7. The van der Waals surface area contributed by atoms with Crippen LogP contribution in [-0.2, 0) is 4.79 Å². The SMILES string of the molecule is FC(=S)C(F)(F)F.O=C=NC(F)(F)F. The van der Waals surface area contributed by atoms with Gasteiger partial charge in [-0.2, -0.15) is 17.6 Å². The Morgan fingerprint density at radius 1 is 1.14 bits per heavy atom. The van der Waals surface area contributed by atoms with Gasteiger partial charge in [0.15, 0.2) is 0 Å². The third-order valence-corrected chi connectivity index (χ3v) is 0.627. The number of carbonyl (C=O) groups excluding carboxylic acids is 1. The molecule has 0 radical (unpaired) electrons. The molecule has 0 fully saturated rings. The van der Waals surface area contributed by atoms with Crippen molar-refractivity contribution < 1.29 is 35.5 Å². The summed E-state index contributed by atoms with van der Waals surface area (Å²) in [6.45, 7) is 0. The first-order valence-electron chi connectivity index (χ1n) is 2.43. The second kappa shape index (κ2) is 5.66. The smallest absolute Gasteiger partial charge is 0.211 e. The molecule has 0 aromatic heterocycles. The number of halogens is 7. The molecule has 0 N–H and O–H groups in total. The summed E-state index contributed by atoms with van der Waals surface area (Å²) in [6.07, 6.45) is -9.33. The van der Waals surface area contributed by atoms with E-state index in [1.807, 2.05) is 0 Å². The van der Waals surface area contributed by atoms with Gasteiger partial charge in [-0.15, -0.1) is 18.2 Å². The Bertz CT molecular complexity index is 225. The molecule has 2 nitrogen and oxygen atoms in total. The van der Waals surface area contributed by atoms with E-state index in [4.69, 9.17) is 4.79 Å². The quantitative estimate of drug-likeness (QED) is 0.163. The summed E-state index contributed by atoms with van der Waals surface area (Å²) in [5.74, 6) is 0. The van der Waals surface area contributed by atoms with Gasteiger partial charge in [0.25, 0.3) is 5.12 Å². The number of thiocarbonyl (C=S) groups is 1.